The van der Waals surface area contributed by atoms with Gasteiger partial charge in [-0.3, -0.25) is 19.3 Å². The monoisotopic (exact) mass is 505 g/mol. The van der Waals surface area contributed by atoms with Crippen LogP contribution in [0.25, 0.3) is 16.6 Å². The number of aromatic amines is 1. The van der Waals surface area contributed by atoms with Crippen LogP contribution in [0, 0.1) is 6.92 Å². The molecule has 176 valence electrons. The number of benzene rings is 3. The number of H-pyrrole nitrogens is 1. The van der Waals surface area contributed by atoms with Gasteiger partial charge in [-0.05, 0) is 73.2 Å². The number of hydrogen-bond acceptors (Lipinski definition) is 3. The van der Waals surface area contributed by atoms with Crippen molar-refractivity contribution in [3.8, 4) is 11.4 Å². The molecular weight excluding hydrogens is 485 g/mol. The summed E-state index contributed by atoms with van der Waals surface area (Å²) in [6.45, 7) is 1.90. The van der Waals surface area contributed by atoms with Gasteiger partial charge in [0.2, 0.25) is 0 Å². The highest BCUT2D eigenvalue weighted by atomic mass is 35.5. The smallest absolute Gasteiger partial charge is 0.271 e. The Kier molecular flexibility index (Phi) is 6.01. The predicted octanol–water partition coefficient (Wildman–Crippen LogP) is 6.02. The molecule has 0 unspecified atom stereocenters. The first kappa shape index (κ1) is 23.0. The molecule has 1 N–H and O–H groups in total. The lowest BCUT2D eigenvalue weighted by molar-refractivity contribution is 0.0963. The first-order valence-corrected chi connectivity index (χ1v) is 11.7. The van der Waals surface area contributed by atoms with Gasteiger partial charge in [0.25, 0.3) is 11.5 Å². The van der Waals surface area contributed by atoms with Crippen LogP contribution in [0.1, 0.15) is 27.3 Å². The molecule has 5 aromatic rings. The van der Waals surface area contributed by atoms with Gasteiger partial charge in [0.1, 0.15) is 5.75 Å². The predicted molar refractivity (Wildman–Crippen MR) is 139 cm³/mol. The fourth-order valence-electron chi connectivity index (χ4n) is 4.33. The standard InChI is InChI=1S/C27H21Cl2N3O3/c1-16-23(13-20-14-26(33)32(30-20)21-5-3-4-19(29)12-21)24-15-22(35-2)10-11-25(24)31(16)27(34)17-6-8-18(28)9-7-17/h3-12,14-15,30H,13H2,1-2H3. The summed E-state index contributed by atoms with van der Waals surface area (Å²) in [7, 11) is 1.60. The van der Waals surface area contributed by atoms with Crippen LogP contribution < -0.4 is 10.3 Å². The molecule has 0 aliphatic carbocycles. The second-order valence-corrected chi connectivity index (χ2v) is 9.08. The Bertz CT molecular complexity index is 1630. The summed E-state index contributed by atoms with van der Waals surface area (Å²) in [5, 5.41) is 5.15. The van der Waals surface area contributed by atoms with E-state index in [0.29, 0.717) is 39.2 Å². The molecule has 3 aromatic carbocycles. The van der Waals surface area contributed by atoms with E-state index in [0.717, 1.165) is 22.2 Å². The molecule has 0 spiro atoms. The zero-order chi connectivity index (χ0) is 24.7. The molecule has 8 heteroatoms. The van der Waals surface area contributed by atoms with Crippen molar-refractivity contribution in [3.05, 3.63) is 116 Å². The van der Waals surface area contributed by atoms with Gasteiger partial charge >= 0.3 is 0 Å². The van der Waals surface area contributed by atoms with E-state index < -0.39 is 0 Å². The minimum atomic E-state index is -0.196. The Morgan fingerprint density at radius 3 is 2.46 bits per heavy atom. The largest absolute Gasteiger partial charge is 0.497 e. The van der Waals surface area contributed by atoms with E-state index in [-0.39, 0.29) is 11.5 Å². The number of fused-ring (bicyclic) bond motifs is 1. The highest BCUT2D eigenvalue weighted by Crippen LogP contribution is 2.31. The molecule has 5 rings (SSSR count). The summed E-state index contributed by atoms with van der Waals surface area (Å²) in [6.07, 6.45) is 0.416. The maximum atomic E-state index is 13.5. The Hall–Kier alpha value is -3.74. The topological polar surface area (TPSA) is 69.0 Å². The van der Waals surface area contributed by atoms with Gasteiger partial charge in [-0.25, -0.2) is 4.68 Å². The molecule has 35 heavy (non-hydrogen) atoms. The van der Waals surface area contributed by atoms with Crippen molar-refractivity contribution in [2.45, 2.75) is 13.3 Å². The van der Waals surface area contributed by atoms with Crippen LogP contribution in [0.5, 0.6) is 5.75 Å². The third-order valence-electron chi connectivity index (χ3n) is 6.04. The zero-order valence-corrected chi connectivity index (χ0v) is 20.5. The number of nitrogens with one attached hydrogen (secondary N) is 1. The number of carbonyl (C=O) groups is 1. The summed E-state index contributed by atoms with van der Waals surface area (Å²) in [5.41, 5.74) is 4.14. The lowest BCUT2D eigenvalue weighted by Crippen LogP contribution is -2.13. The first-order valence-electron chi connectivity index (χ1n) is 10.9. The zero-order valence-electron chi connectivity index (χ0n) is 19.0. The SMILES string of the molecule is COc1ccc2c(c1)c(Cc1cc(=O)n(-c3cccc(Cl)c3)[nH]1)c(C)n2C(=O)c1ccc(Cl)cc1. The number of halogens is 2. The summed E-state index contributed by atoms with van der Waals surface area (Å²) in [5.74, 6) is 0.519. The molecule has 0 saturated carbocycles. The molecule has 0 saturated heterocycles. The number of rotatable bonds is 5. The fraction of sp³-hybridized carbons (Fsp3) is 0.111. The number of nitrogens with zero attached hydrogens (tertiary/aromatic N) is 2. The third kappa shape index (κ3) is 4.27. The molecule has 0 fully saturated rings. The van der Waals surface area contributed by atoms with Crippen molar-refractivity contribution in [2.75, 3.05) is 7.11 Å². The molecule has 0 atom stereocenters. The lowest BCUT2D eigenvalue weighted by Gasteiger charge is -2.08. The summed E-state index contributed by atoms with van der Waals surface area (Å²) < 4.78 is 8.59. The van der Waals surface area contributed by atoms with E-state index in [1.807, 2.05) is 25.1 Å². The quantitative estimate of drug-likeness (QED) is 0.317. The number of hydrogen-bond donors (Lipinski definition) is 1. The molecule has 0 amide bonds. The van der Waals surface area contributed by atoms with Gasteiger partial charge in [-0.2, -0.15) is 0 Å². The molecule has 2 aromatic heterocycles. The van der Waals surface area contributed by atoms with Crippen LogP contribution in [0.15, 0.2) is 77.6 Å². The van der Waals surface area contributed by atoms with Gasteiger partial charge in [-0.1, -0.05) is 29.3 Å². The Morgan fingerprint density at radius 2 is 1.74 bits per heavy atom. The third-order valence-corrected chi connectivity index (χ3v) is 6.53. The number of aromatic nitrogens is 3. The molecule has 2 heterocycles. The number of carbonyl (C=O) groups excluding carboxylic acids is 1. The van der Waals surface area contributed by atoms with E-state index >= 15 is 0 Å². The molecule has 0 aliphatic heterocycles. The molecular formula is C27H21Cl2N3O3. The van der Waals surface area contributed by atoms with Gasteiger partial charge in [0.15, 0.2) is 0 Å². The van der Waals surface area contributed by atoms with Crippen molar-refractivity contribution in [1.29, 1.82) is 0 Å². The Balaban J connectivity index is 1.62. The van der Waals surface area contributed by atoms with Crippen molar-refractivity contribution >= 4 is 40.0 Å². The van der Waals surface area contributed by atoms with Crippen molar-refractivity contribution in [3.63, 3.8) is 0 Å². The number of ether oxygens (including phenoxy) is 1. The van der Waals surface area contributed by atoms with Crippen LogP contribution in [0.3, 0.4) is 0 Å². The minimum absolute atomic E-state index is 0.162. The highest BCUT2D eigenvalue weighted by molar-refractivity contribution is 6.31. The summed E-state index contributed by atoms with van der Waals surface area (Å²) in [6, 6.07) is 21.1. The Labute approximate surface area is 211 Å². The van der Waals surface area contributed by atoms with Gasteiger partial charge < -0.3 is 4.74 Å². The maximum absolute atomic E-state index is 13.5. The van der Waals surface area contributed by atoms with Crippen LogP contribution in [0.2, 0.25) is 10.0 Å². The molecule has 6 nitrogen and oxygen atoms in total. The summed E-state index contributed by atoms with van der Waals surface area (Å²) >= 11 is 12.1. The van der Waals surface area contributed by atoms with Crippen LogP contribution in [-0.2, 0) is 6.42 Å². The molecule has 0 bridgehead atoms. The van der Waals surface area contributed by atoms with E-state index in [2.05, 4.69) is 5.10 Å². The van der Waals surface area contributed by atoms with E-state index in [1.165, 1.54) is 4.68 Å². The van der Waals surface area contributed by atoms with Crippen molar-refractivity contribution in [1.82, 2.24) is 14.3 Å². The summed E-state index contributed by atoms with van der Waals surface area (Å²) in [4.78, 5) is 26.2. The van der Waals surface area contributed by atoms with Gasteiger partial charge in [0.05, 0.1) is 18.3 Å². The number of methoxy groups -OCH3 is 1. The second-order valence-electron chi connectivity index (χ2n) is 8.21. The van der Waals surface area contributed by atoms with Crippen molar-refractivity contribution in [2.24, 2.45) is 0 Å². The Morgan fingerprint density at radius 1 is 0.971 bits per heavy atom. The van der Waals surface area contributed by atoms with Gasteiger partial charge in [0, 0.05) is 44.9 Å². The lowest BCUT2D eigenvalue weighted by atomic mass is 10.1. The van der Waals surface area contributed by atoms with E-state index in [4.69, 9.17) is 27.9 Å². The molecule has 0 aliphatic rings. The van der Waals surface area contributed by atoms with Crippen molar-refractivity contribution < 1.29 is 9.53 Å². The average molecular weight is 506 g/mol. The highest BCUT2D eigenvalue weighted by Gasteiger charge is 2.21. The first-order chi connectivity index (χ1) is 16.9. The van der Waals surface area contributed by atoms with Crippen LogP contribution in [0.4, 0.5) is 0 Å². The van der Waals surface area contributed by atoms with Gasteiger partial charge in [-0.15, -0.1) is 0 Å². The maximum Gasteiger partial charge on any atom is 0.271 e. The van der Waals surface area contributed by atoms with E-state index in [1.54, 1.807) is 66.3 Å². The normalized spacial score (nSPS) is 11.2. The second kappa shape index (κ2) is 9.13. The fourth-order valence-corrected chi connectivity index (χ4v) is 4.64. The average Bonchev–Trinajstić information content (AvgIpc) is 3.35. The van der Waals surface area contributed by atoms with Crippen LogP contribution >= 0.6 is 23.2 Å². The van der Waals surface area contributed by atoms with Crippen LogP contribution in [-0.4, -0.2) is 27.4 Å². The minimum Gasteiger partial charge on any atom is -0.497 e. The van der Waals surface area contributed by atoms with E-state index in [9.17, 15) is 9.59 Å². The molecule has 0 radical (unpaired) electrons.